The molecule has 0 aliphatic carbocycles. The first-order chi connectivity index (χ1) is 13.8. The lowest BCUT2D eigenvalue weighted by Gasteiger charge is -2.30. The molecule has 1 aromatic heterocycles. The van der Waals surface area contributed by atoms with Gasteiger partial charge in [0.05, 0.1) is 10.8 Å². The number of benzene rings is 2. The Labute approximate surface area is 175 Å². The summed E-state index contributed by atoms with van der Waals surface area (Å²) < 4.78 is 33.4. The largest absolute Gasteiger partial charge is 0.339 e. The van der Waals surface area contributed by atoms with Gasteiger partial charge in [-0.2, -0.15) is 9.29 Å². The van der Waals surface area contributed by atoms with E-state index in [1.54, 1.807) is 19.1 Å². The molecule has 1 atom stereocenters. The van der Waals surface area contributed by atoms with Gasteiger partial charge in [0.15, 0.2) is 0 Å². The van der Waals surface area contributed by atoms with Crippen LogP contribution in [0, 0.1) is 13.8 Å². The van der Waals surface area contributed by atoms with E-state index in [0.29, 0.717) is 35.4 Å². The van der Waals surface area contributed by atoms with Crippen LogP contribution in [0.5, 0.6) is 0 Å². The maximum Gasteiger partial charge on any atom is 0.243 e. The molecule has 1 fully saturated rings. The van der Waals surface area contributed by atoms with Crippen LogP contribution >= 0.6 is 11.6 Å². The highest BCUT2D eigenvalue weighted by molar-refractivity contribution is 7.89. The summed E-state index contributed by atoms with van der Waals surface area (Å²) in [4.78, 5) is 4.78. The van der Waals surface area contributed by atoms with Crippen LogP contribution in [-0.2, 0) is 10.0 Å². The van der Waals surface area contributed by atoms with Gasteiger partial charge in [-0.1, -0.05) is 52.7 Å². The number of aryl methyl sites for hydroxylation is 2. The minimum Gasteiger partial charge on any atom is -0.339 e. The minimum absolute atomic E-state index is 0.135. The summed E-state index contributed by atoms with van der Waals surface area (Å²) in [6, 6.07) is 12.8. The summed E-state index contributed by atoms with van der Waals surface area (Å²) in [6.45, 7) is 4.56. The van der Waals surface area contributed by atoms with Crippen LogP contribution in [0.4, 0.5) is 0 Å². The van der Waals surface area contributed by atoms with E-state index in [4.69, 9.17) is 16.1 Å². The highest BCUT2D eigenvalue weighted by atomic mass is 35.5. The lowest BCUT2D eigenvalue weighted by molar-refractivity contribution is 0.265. The molecule has 4 rings (SSSR count). The molecule has 29 heavy (non-hydrogen) atoms. The topological polar surface area (TPSA) is 76.3 Å². The van der Waals surface area contributed by atoms with E-state index < -0.39 is 10.0 Å². The summed E-state index contributed by atoms with van der Waals surface area (Å²) >= 11 is 6.04. The molecule has 1 aliphatic rings. The monoisotopic (exact) mass is 431 g/mol. The van der Waals surface area contributed by atoms with Crippen molar-refractivity contribution in [3.8, 4) is 11.4 Å². The molecule has 0 amide bonds. The fourth-order valence-corrected chi connectivity index (χ4v) is 5.59. The highest BCUT2D eigenvalue weighted by Crippen LogP contribution is 2.32. The second-order valence-corrected chi connectivity index (χ2v) is 9.78. The van der Waals surface area contributed by atoms with Gasteiger partial charge in [0.1, 0.15) is 0 Å². The average Bonchev–Trinajstić information content (AvgIpc) is 3.20. The Kier molecular flexibility index (Phi) is 5.46. The zero-order chi connectivity index (χ0) is 20.6. The predicted octanol–water partition coefficient (Wildman–Crippen LogP) is 4.58. The van der Waals surface area contributed by atoms with Crippen molar-refractivity contribution >= 4 is 21.6 Å². The molecule has 3 aromatic rings. The normalized spacial score (nSPS) is 18.1. The van der Waals surface area contributed by atoms with Crippen LogP contribution in [0.25, 0.3) is 11.4 Å². The van der Waals surface area contributed by atoms with Crippen molar-refractivity contribution in [1.29, 1.82) is 0 Å². The molecule has 1 aliphatic heterocycles. The number of hydrogen-bond donors (Lipinski definition) is 0. The molecule has 2 heterocycles. The summed E-state index contributed by atoms with van der Waals surface area (Å²) in [6.07, 6.45) is 1.53. The Bertz CT molecular complexity index is 1130. The first kappa shape index (κ1) is 20.1. The van der Waals surface area contributed by atoms with Gasteiger partial charge in [-0.15, -0.1) is 0 Å². The lowest BCUT2D eigenvalue weighted by atomic mass is 10.00. The number of piperidine rings is 1. The van der Waals surface area contributed by atoms with Gasteiger partial charge in [0.2, 0.25) is 21.7 Å². The lowest BCUT2D eigenvalue weighted by Crippen LogP contribution is -2.39. The standard InChI is InChI=1S/C21H22ClN3O3S/c1-14-5-8-16(9-6-14)20-23-21(28-24-20)17-4-3-11-25(13-17)29(26,27)19-12-18(22)10-7-15(19)2/h5-10,12,17H,3-4,11,13H2,1-2H3. The third-order valence-electron chi connectivity index (χ3n) is 5.25. The fraction of sp³-hybridized carbons (Fsp3) is 0.333. The molecule has 6 nitrogen and oxygen atoms in total. The molecular weight excluding hydrogens is 410 g/mol. The van der Waals surface area contributed by atoms with E-state index >= 15 is 0 Å². The average molecular weight is 432 g/mol. The zero-order valence-electron chi connectivity index (χ0n) is 16.3. The number of hydrogen-bond acceptors (Lipinski definition) is 5. The Morgan fingerprint density at radius 3 is 2.66 bits per heavy atom. The summed E-state index contributed by atoms with van der Waals surface area (Å²) in [5.74, 6) is 0.860. The van der Waals surface area contributed by atoms with Crippen molar-refractivity contribution in [3.63, 3.8) is 0 Å². The molecule has 0 radical (unpaired) electrons. The molecule has 0 spiro atoms. The van der Waals surface area contributed by atoms with E-state index in [9.17, 15) is 8.42 Å². The van der Waals surface area contributed by atoms with Crippen molar-refractivity contribution in [1.82, 2.24) is 14.4 Å². The molecule has 2 aromatic carbocycles. The molecular formula is C21H22ClN3O3S. The van der Waals surface area contributed by atoms with Gasteiger partial charge in [-0.3, -0.25) is 0 Å². The van der Waals surface area contributed by atoms with Crippen molar-refractivity contribution in [3.05, 3.63) is 64.5 Å². The maximum atomic E-state index is 13.2. The fourth-order valence-electron chi connectivity index (χ4n) is 3.57. The number of halogens is 1. The van der Waals surface area contributed by atoms with E-state index in [-0.39, 0.29) is 10.8 Å². The maximum absolute atomic E-state index is 13.2. The number of sulfonamides is 1. The van der Waals surface area contributed by atoms with Gasteiger partial charge in [0, 0.05) is 23.7 Å². The van der Waals surface area contributed by atoms with Gasteiger partial charge < -0.3 is 4.52 Å². The zero-order valence-corrected chi connectivity index (χ0v) is 17.9. The second kappa shape index (κ2) is 7.89. The Hall–Kier alpha value is -2.22. The first-order valence-electron chi connectivity index (χ1n) is 9.51. The number of nitrogens with zero attached hydrogens (tertiary/aromatic N) is 3. The van der Waals surface area contributed by atoms with E-state index in [2.05, 4.69) is 10.1 Å². The first-order valence-corrected chi connectivity index (χ1v) is 11.3. The summed E-state index contributed by atoms with van der Waals surface area (Å²) in [5.41, 5.74) is 2.71. The van der Waals surface area contributed by atoms with Crippen molar-refractivity contribution in [2.24, 2.45) is 0 Å². The van der Waals surface area contributed by atoms with Crippen molar-refractivity contribution < 1.29 is 12.9 Å². The van der Waals surface area contributed by atoms with Crippen LogP contribution in [0.3, 0.4) is 0 Å². The van der Waals surface area contributed by atoms with Gasteiger partial charge in [-0.25, -0.2) is 8.42 Å². The smallest absolute Gasteiger partial charge is 0.243 e. The minimum atomic E-state index is -3.65. The predicted molar refractivity (Wildman–Crippen MR) is 111 cm³/mol. The van der Waals surface area contributed by atoms with Crippen molar-refractivity contribution in [2.75, 3.05) is 13.1 Å². The molecule has 152 valence electrons. The number of aromatic nitrogens is 2. The van der Waals surface area contributed by atoms with Crippen LogP contribution in [-0.4, -0.2) is 36.0 Å². The third-order valence-corrected chi connectivity index (χ3v) is 7.50. The second-order valence-electron chi connectivity index (χ2n) is 7.43. The Morgan fingerprint density at radius 1 is 1.14 bits per heavy atom. The van der Waals surface area contributed by atoms with E-state index in [1.165, 1.54) is 10.4 Å². The van der Waals surface area contributed by atoms with Crippen LogP contribution < -0.4 is 0 Å². The molecule has 1 unspecified atom stereocenters. The molecule has 0 bridgehead atoms. The van der Waals surface area contributed by atoms with Crippen LogP contribution in [0.2, 0.25) is 5.02 Å². The van der Waals surface area contributed by atoms with Gasteiger partial charge in [-0.05, 0) is 44.4 Å². The van der Waals surface area contributed by atoms with Gasteiger partial charge in [0.25, 0.3) is 0 Å². The highest BCUT2D eigenvalue weighted by Gasteiger charge is 2.34. The van der Waals surface area contributed by atoms with Crippen molar-refractivity contribution in [2.45, 2.75) is 37.5 Å². The van der Waals surface area contributed by atoms with E-state index in [0.717, 1.165) is 24.0 Å². The molecule has 8 heteroatoms. The van der Waals surface area contributed by atoms with E-state index in [1.807, 2.05) is 31.2 Å². The van der Waals surface area contributed by atoms with Crippen LogP contribution in [0.1, 0.15) is 35.8 Å². The summed E-state index contributed by atoms with van der Waals surface area (Å²) in [5, 5.41) is 4.50. The third kappa shape index (κ3) is 4.08. The van der Waals surface area contributed by atoms with Gasteiger partial charge >= 0.3 is 0 Å². The Morgan fingerprint density at radius 2 is 1.90 bits per heavy atom. The molecule has 1 saturated heterocycles. The van der Waals surface area contributed by atoms with Crippen LogP contribution in [0.15, 0.2) is 51.9 Å². The SMILES string of the molecule is Cc1ccc(-c2noc(C3CCCN(S(=O)(=O)c4cc(Cl)ccc4C)C3)n2)cc1. The molecule has 0 saturated carbocycles. The summed E-state index contributed by atoms with van der Waals surface area (Å²) in [7, 11) is -3.65. The number of rotatable bonds is 4. The quantitative estimate of drug-likeness (QED) is 0.604. The molecule has 0 N–H and O–H groups in total. The Balaban J connectivity index is 1.57.